The maximum atomic E-state index is 12.4. The average Bonchev–Trinajstić information content (AvgIpc) is 3.00. The molecule has 0 aliphatic carbocycles. The summed E-state index contributed by atoms with van der Waals surface area (Å²) in [7, 11) is 0. The second-order valence-corrected chi connectivity index (χ2v) is 6.08. The van der Waals surface area contributed by atoms with Gasteiger partial charge in [-0.25, -0.2) is 4.79 Å². The highest BCUT2D eigenvalue weighted by atomic mass is 16.6. The number of carbonyl (C=O) groups excluding carboxylic acids is 3. The molecule has 0 saturated carbocycles. The Morgan fingerprint density at radius 3 is 2.58 bits per heavy atom. The predicted molar refractivity (Wildman–Crippen MR) is 95.4 cm³/mol. The van der Waals surface area contributed by atoms with Crippen molar-refractivity contribution in [2.24, 2.45) is 0 Å². The summed E-state index contributed by atoms with van der Waals surface area (Å²) < 4.78 is 10.3. The molecule has 1 heterocycles. The van der Waals surface area contributed by atoms with Crippen molar-refractivity contribution in [1.82, 2.24) is 0 Å². The van der Waals surface area contributed by atoms with E-state index < -0.39 is 5.97 Å². The molecule has 6 nitrogen and oxygen atoms in total. The van der Waals surface area contributed by atoms with Gasteiger partial charge in [0, 0.05) is 17.3 Å². The maximum absolute atomic E-state index is 12.4. The number of nitrogens with zero attached hydrogens (tertiary/aromatic N) is 1. The van der Waals surface area contributed by atoms with Crippen molar-refractivity contribution in [3.8, 4) is 5.75 Å². The standard InChI is InChI=1S/C20H19NO5/c1-14-10-16-4-2-3-5-18(16)21(14)19(23)12-26-20(24)13-25-17-8-6-15(11-22)7-9-17/h2-9,11,14H,10,12-13H2,1H3/t14-/m1/s1. The molecule has 0 spiro atoms. The summed E-state index contributed by atoms with van der Waals surface area (Å²) in [6.07, 6.45) is 1.51. The van der Waals surface area contributed by atoms with Crippen LogP contribution in [0, 0.1) is 0 Å². The molecule has 2 aromatic rings. The Bertz CT molecular complexity index is 815. The van der Waals surface area contributed by atoms with Gasteiger partial charge in [-0.1, -0.05) is 18.2 Å². The molecule has 6 heteroatoms. The van der Waals surface area contributed by atoms with Crippen LogP contribution in [0.3, 0.4) is 0 Å². The van der Waals surface area contributed by atoms with Crippen LogP contribution in [-0.2, 0) is 20.7 Å². The van der Waals surface area contributed by atoms with Gasteiger partial charge in [0.15, 0.2) is 13.2 Å². The number of anilines is 1. The van der Waals surface area contributed by atoms with Gasteiger partial charge in [-0.15, -0.1) is 0 Å². The van der Waals surface area contributed by atoms with Crippen LogP contribution >= 0.6 is 0 Å². The van der Waals surface area contributed by atoms with Crippen molar-refractivity contribution in [1.29, 1.82) is 0 Å². The number of ether oxygens (including phenoxy) is 2. The molecule has 0 unspecified atom stereocenters. The lowest BCUT2D eigenvalue weighted by Crippen LogP contribution is -2.39. The van der Waals surface area contributed by atoms with Crippen molar-refractivity contribution in [2.75, 3.05) is 18.1 Å². The van der Waals surface area contributed by atoms with Gasteiger partial charge < -0.3 is 14.4 Å². The molecule has 1 aliphatic rings. The number of hydrogen-bond donors (Lipinski definition) is 0. The van der Waals surface area contributed by atoms with Crippen molar-refractivity contribution < 1.29 is 23.9 Å². The van der Waals surface area contributed by atoms with E-state index in [0.29, 0.717) is 11.3 Å². The molecule has 0 N–H and O–H groups in total. The van der Waals surface area contributed by atoms with E-state index in [9.17, 15) is 14.4 Å². The highest BCUT2D eigenvalue weighted by molar-refractivity contribution is 5.97. The summed E-state index contributed by atoms with van der Waals surface area (Å²) in [5, 5.41) is 0. The fourth-order valence-corrected chi connectivity index (χ4v) is 2.98. The molecule has 0 radical (unpaired) electrons. The summed E-state index contributed by atoms with van der Waals surface area (Å²) in [5.74, 6) is -0.440. The zero-order valence-electron chi connectivity index (χ0n) is 14.4. The molecule has 3 rings (SSSR count). The van der Waals surface area contributed by atoms with E-state index in [4.69, 9.17) is 9.47 Å². The predicted octanol–water partition coefficient (Wildman–Crippen LogP) is 2.40. The molecule has 0 aromatic heterocycles. The largest absolute Gasteiger partial charge is 0.482 e. The molecule has 1 amide bonds. The molecule has 26 heavy (non-hydrogen) atoms. The Kier molecular flexibility index (Phi) is 5.31. The summed E-state index contributed by atoms with van der Waals surface area (Å²) >= 11 is 0. The molecule has 134 valence electrons. The Hall–Kier alpha value is -3.15. The summed E-state index contributed by atoms with van der Waals surface area (Å²) in [6, 6.07) is 14.1. The minimum atomic E-state index is -0.627. The fraction of sp³-hybridized carbons (Fsp3) is 0.250. The van der Waals surface area contributed by atoms with Crippen LogP contribution < -0.4 is 9.64 Å². The summed E-state index contributed by atoms with van der Waals surface area (Å²) in [5.41, 5.74) is 2.50. The smallest absolute Gasteiger partial charge is 0.344 e. The van der Waals surface area contributed by atoms with E-state index in [2.05, 4.69) is 0 Å². The van der Waals surface area contributed by atoms with Crippen LogP contribution in [0.2, 0.25) is 0 Å². The molecule has 0 saturated heterocycles. The number of fused-ring (bicyclic) bond motifs is 1. The SMILES string of the molecule is C[C@@H]1Cc2ccccc2N1C(=O)COC(=O)COc1ccc(C=O)cc1. The Morgan fingerprint density at radius 1 is 1.12 bits per heavy atom. The van der Waals surface area contributed by atoms with Gasteiger partial charge in [-0.05, 0) is 49.2 Å². The molecule has 1 aliphatic heterocycles. The Labute approximate surface area is 151 Å². The third-order valence-electron chi connectivity index (χ3n) is 4.21. The number of benzene rings is 2. The monoisotopic (exact) mass is 353 g/mol. The summed E-state index contributed by atoms with van der Waals surface area (Å²) in [4.78, 5) is 36.5. The van der Waals surface area contributed by atoms with Crippen LogP contribution in [0.4, 0.5) is 5.69 Å². The molecule has 0 fully saturated rings. The van der Waals surface area contributed by atoms with Crippen LogP contribution in [0.1, 0.15) is 22.8 Å². The van der Waals surface area contributed by atoms with Crippen LogP contribution in [-0.4, -0.2) is 37.4 Å². The normalized spacial score (nSPS) is 15.3. The minimum Gasteiger partial charge on any atom is -0.482 e. The topological polar surface area (TPSA) is 72.9 Å². The number of amides is 1. The van der Waals surface area contributed by atoms with Gasteiger partial charge in [0.25, 0.3) is 5.91 Å². The van der Waals surface area contributed by atoms with Crippen LogP contribution in [0.15, 0.2) is 48.5 Å². The third kappa shape index (κ3) is 3.91. The van der Waals surface area contributed by atoms with Crippen LogP contribution in [0.25, 0.3) is 0 Å². The lowest BCUT2D eigenvalue weighted by Gasteiger charge is -2.22. The lowest BCUT2D eigenvalue weighted by atomic mass is 10.1. The van der Waals surface area contributed by atoms with Gasteiger partial charge >= 0.3 is 5.97 Å². The highest BCUT2D eigenvalue weighted by Crippen LogP contribution is 2.31. The zero-order valence-corrected chi connectivity index (χ0v) is 14.4. The number of rotatable bonds is 6. The third-order valence-corrected chi connectivity index (χ3v) is 4.21. The Morgan fingerprint density at radius 2 is 1.85 bits per heavy atom. The van der Waals surface area contributed by atoms with Crippen LogP contribution in [0.5, 0.6) is 5.75 Å². The highest BCUT2D eigenvalue weighted by Gasteiger charge is 2.30. The van der Waals surface area contributed by atoms with E-state index in [1.165, 1.54) is 0 Å². The number of hydrogen-bond acceptors (Lipinski definition) is 5. The first kappa shape index (κ1) is 17.7. The molecule has 1 atom stereocenters. The van der Waals surface area contributed by atoms with Crippen molar-refractivity contribution in [3.63, 3.8) is 0 Å². The quantitative estimate of drug-likeness (QED) is 0.589. The first-order chi connectivity index (χ1) is 12.6. The zero-order chi connectivity index (χ0) is 18.5. The molecule has 2 aromatic carbocycles. The Balaban J connectivity index is 1.49. The first-order valence-electron chi connectivity index (χ1n) is 8.32. The van der Waals surface area contributed by atoms with Crippen molar-refractivity contribution >= 4 is 23.9 Å². The minimum absolute atomic E-state index is 0.0335. The lowest BCUT2D eigenvalue weighted by molar-refractivity contribution is -0.149. The number of carbonyl (C=O) groups is 3. The number of aldehydes is 1. The average molecular weight is 353 g/mol. The van der Waals surface area contributed by atoms with Gasteiger partial charge in [0.05, 0.1) is 0 Å². The molecule has 0 bridgehead atoms. The molecular formula is C20H19NO5. The first-order valence-corrected chi connectivity index (χ1v) is 8.32. The van der Waals surface area contributed by atoms with Crippen molar-refractivity contribution in [2.45, 2.75) is 19.4 Å². The second-order valence-electron chi connectivity index (χ2n) is 6.08. The van der Waals surface area contributed by atoms with E-state index in [-0.39, 0.29) is 25.2 Å². The van der Waals surface area contributed by atoms with E-state index >= 15 is 0 Å². The second kappa shape index (κ2) is 7.82. The van der Waals surface area contributed by atoms with Crippen molar-refractivity contribution in [3.05, 3.63) is 59.7 Å². The summed E-state index contributed by atoms with van der Waals surface area (Å²) in [6.45, 7) is 1.33. The van der Waals surface area contributed by atoms with Gasteiger partial charge in [-0.3, -0.25) is 9.59 Å². The van der Waals surface area contributed by atoms with E-state index in [1.54, 1.807) is 29.2 Å². The fourth-order valence-electron chi connectivity index (χ4n) is 2.98. The molecular weight excluding hydrogens is 334 g/mol. The van der Waals surface area contributed by atoms with E-state index in [0.717, 1.165) is 24.0 Å². The number of para-hydroxylation sites is 1. The van der Waals surface area contributed by atoms with Gasteiger partial charge in [0.1, 0.15) is 12.0 Å². The maximum Gasteiger partial charge on any atom is 0.344 e. The van der Waals surface area contributed by atoms with E-state index in [1.807, 2.05) is 31.2 Å². The van der Waals surface area contributed by atoms with Gasteiger partial charge in [0.2, 0.25) is 0 Å². The number of esters is 1. The van der Waals surface area contributed by atoms with Gasteiger partial charge in [-0.2, -0.15) is 0 Å².